The Hall–Kier alpha value is -3.60. The fraction of sp³-hybridized carbons (Fsp3) is 0.211. The van der Waals surface area contributed by atoms with E-state index in [1.165, 1.54) is 6.07 Å². The van der Waals surface area contributed by atoms with Gasteiger partial charge < -0.3 is 14.6 Å². The molecule has 0 aliphatic rings. The highest BCUT2D eigenvalue weighted by Gasteiger charge is 2.39. The summed E-state index contributed by atoms with van der Waals surface area (Å²) in [5.41, 5.74) is -2.98. The van der Waals surface area contributed by atoms with Crippen LogP contribution in [0.25, 0.3) is 0 Å². The molecule has 0 aliphatic heterocycles. The number of pyridine rings is 2. The zero-order valence-electron chi connectivity index (χ0n) is 16.8. The second-order valence-corrected chi connectivity index (χ2v) is 7.27. The van der Waals surface area contributed by atoms with E-state index >= 15 is 0 Å². The maximum Gasteiger partial charge on any atom is 0.437 e. The van der Waals surface area contributed by atoms with Crippen molar-refractivity contribution in [3.05, 3.63) is 68.2 Å². The molecule has 178 valence electrons. The topological polar surface area (TPSA) is 134 Å². The molecule has 0 amide bonds. The maximum atomic E-state index is 13.5. The number of aromatic nitrogens is 4. The summed E-state index contributed by atoms with van der Waals surface area (Å²) in [5, 5.41) is 27.7. The number of nitriles is 1. The van der Waals surface area contributed by atoms with Gasteiger partial charge in [0.1, 0.15) is 18.3 Å². The third kappa shape index (κ3) is 5.66. The van der Waals surface area contributed by atoms with Crippen molar-refractivity contribution in [1.82, 2.24) is 14.5 Å². The molecule has 0 unspecified atom stereocenters. The van der Waals surface area contributed by atoms with Crippen LogP contribution in [0, 0.1) is 11.3 Å². The van der Waals surface area contributed by atoms with Crippen LogP contribution in [0.5, 0.6) is 17.4 Å². The molecular formula is C19H13Cl2F3N5O5+. The molecule has 0 spiro atoms. The Balaban J connectivity index is 2.05. The lowest BCUT2D eigenvalue weighted by Crippen LogP contribution is -2.38. The summed E-state index contributed by atoms with van der Waals surface area (Å²) in [6.07, 6.45) is -3.39. The number of nitrogens with zero attached hydrogens (tertiary/aromatic N) is 5. The molecule has 3 heterocycles. The molecule has 0 aliphatic carbocycles. The van der Waals surface area contributed by atoms with Gasteiger partial charge >= 0.3 is 6.18 Å². The average Bonchev–Trinajstić information content (AvgIpc) is 2.76. The Morgan fingerprint density at radius 2 is 2.00 bits per heavy atom. The fourth-order valence-corrected chi connectivity index (χ4v) is 3.09. The van der Waals surface area contributed by atoms with Gasteiger partial charge in [0, 0.05) is 16.9 Å². The van der Waals surface area contributed by atoms with Crippen LogP contribution in [0.15, 0.2) is 35.5 Å². The minimum Gasteiger partial charge on any atom is -0.484 e. The Morgan fingerprint density at radius 3 is 2.65 bits per heavy atom. The van der Waals surface area contributed by atoms with Crippen molar-refractivity contribution < 1.29 is 37.7 Å². The monoisotopic (exact) mass is 518 g/mol. The molecule has 15 heteroatoms. The summed E-state index contributed by atoms with van der Waals surface area (Å²) in [4.78, 5) is 19.8. The van der Waals surface area contributed by atoms with Crippen LogP contribution >= 0.6 is 23.2 Å². The van der Waals surface area contributed by atoms with E-state index in [0.717, 1.165) is 22.9 Å². The SMILES string of the molecule is N#Cc1cc(Cl)nc(Oc2c(C(F)(F)F)ncn(Cc3cc(Cl)c(OCCO)c[n+]3O)c2=O)c1. The smallest absolute Gasteiger partial charge is 0.437 e. The van der Waals surface area contributed by atoms with Gasteiger partial charge in [-0.25, -0.2) is 9.97 Å². The first kappa shape index (κ1) is 25.0. The number of alkyl halides is 3. The quantitative estimate of drug-likeness (QED) is 0.277. The largest absolute Gasteiger partial charge is 0.484 e. The van der Waals surface area contributed by atoms with Crippen LogP contribution in [0.3, 0.4) is 0 Å². The number of rotatable bonds is 7. The molecular weight excluding hydrogens is 506 g/mol. The first-order valence-electron chi connectivity index (χ1n) is 9.12. The summed E-state index contributed by atoms with van der Waals surface area (Å²) in [6.45, 7) is -0.882. The van der Waals surface area contributed by atoms with Gasteiger partial charge in [0.25, 0.3) is 17.5 Å². The van der Waals surface area contributed by atoms with E-state index in [1.807, 2.05) is 0 Å². The van der Waals surface area contributed by atoms with E-state index in [-0.39, 0.29) is 40.4 Å². The van der Waals surface area contributed by atoms with E-state index in [2.05, 4.69) is 9.97 Å². The minimum absolute atomic E-state index is 0.00491. The van der Waals surface area contributed by atoms with Crippen molar-refractivity contribution in [1.29, 1.82) is 5.26 Å². The number of hydrogen-bond acceptors (Lipinski definition) is 8. The highest BCUT2D eigenvalue weighted by molar-refractivity contribution is 6.32. The highest BCUT2D eigenvalue weighted by atomic mass is 35.5. The van der Waals surface area contributed by atoms with E-state index in [9.17, 15) is 23.2 Å². The average molecular weight is 519 g/mol. The predicted octanol–water partition coefficient (Wildman–Crippen LogP) is 2.57. The first-order chi connectivity index (χ1) is 16.0. The van der Waals surface area contributed by atoms with Crippen LogP contribution in [0.1, 0.15) is 17.0 Å². The van der Waals surface area contributed by atoms with Crippen molar-refractivity contribution in [3.63, 3.8) is 0 Å². The molecule has 0 saturated heterocycles. The van der Waals surface area contributed by atoms with Crippen LogP contribution in [-0.4, -0.2) is 38.1 Å². The van der Waals surface area contributed by atoms with E-state index < -0.39 is 35.6 Å². The molecule has 3 rings (SSSR count). The fourth-order valence-electron chi connectivity index (χ4n) is 2.66. The van der Waals surface area contributed by atoms with Crippen LogP contribution in [0.4, 0.5) is 13.2 Å². The van der Waals surface area contributed by atoms with Crippen LogP contribution < -0.4 is 19.8 Å². The van der Waals surface area contributed by atoms with Gasteiger partial charge in [-0.05, 0) is 6.07 Å². The van der Waals surface area contributed by atoms with Gasteiger partial charge in [0.15, 0.2) is 5.69 Å². The third-order valence-corrected chi connectivity index (χ3v) is 4.60. The predicted molar refractivity (Wildman–Crippen MR) is 108 cm³/mol. The second kappa shape index (κ2) is 10.1. The normalized spacial score (nSPS) is 11.2. The number of halogens is 5. The molecule has 0 fully saturated rings. The maximum absolute atomic E-state index is 13.5. The Bertz CT molecular complexity index is 1330. The minimum atomic E-state index is -5.06. The summed E-state index contributed by atoms with van der Waals surface area (Å²) >= 11 is 11.8. The van der Waals surface area contributed by atoms with Gasteiger partial charge in [-0.2, -0.15) is 18.4 Å². The highest BCUT2D eigenvalue weighted by Crippen LogP contribution is 2.34. The van der Waals surface area contributed by atoms with E-state index in [4.69, 9.17) is 43.0 Å². The number of aliphatic hydroxyl groups is 1. The van der Waals surface area contributed by atoms with Gasteiger partial charge in [-0.15, -0.1) is 0 Å². The lowest BCUT2D eigenvalue weighted by molar-refractivity contribution is -0.909. The van der Waals surface area contributed by atoms with Crippen molar-refractivity contribution in [2.75, 3.05) is 13.2 Å². The van der Waals surface area contributed by atoms with Crippen LogP contribution in [0.2, 0.25) is 10.2 Å². The molecule has 2 N–H and O–H groups in total. The molecule has 0 saturated carbocycles. The van der Waals surface area contributed by atoms with Crippen LogP contribution in [-0.2, 0) is 12.7 Å². The second-order valence-electron chi connectivity index (χ2n) is 6.48. The Kier molecular flexibility index (Phi) is 7.45. The standard InChI is InChI=1S/C19H13Cl2F3N5O5/c20-12-5-11(29(32)8-13(12)33-2-1-30)7-28-9-26-17(19(22,23)24)16(18(28)31)34-15-4-10(6-25)3-14(21)27-15/h3-5,8-9,30,32H,1-2,7H2/q+1. The molecule has 0 radical (unpaired) electrons. The summed E-state index contributed by atoms with van der Waals surface area (Å²) in [5.74, 6) is -1.73. The molecule has 3 aromatic rings. The molecule has 3 aromatic heterocycles. The van der Waals surface area contributed by atoms with Gasteiger partial charge in [-0.1, -0.05) is 23.2 Å². The number of ether oxygens (including phenoxy) is 2. The van der Waals surface area contributed by atoms with Gasteiger partial charge in [-0.3, -0.25) is 14.6 Å². The Morgan fingerprint density at radius 1 is 1.26 bits per heavy atom. The zero-order chi connectivity index (χ0) is 25.0. The van der Waals surface area contributed by atoms with E-state index in [0.29, 0.717) is 11.1 Å². The molecule has 34 heavy (non-hydrogen) atoms. The zero-order valence-corrected chi connectivity index (χ0v) is 18.3. The van der Waals surface area contributed by atoms with Crippen molar-refractivity contribution in [2.24, 2.45) is 0 Å². The Labute approximate surface area is 198 Å². The number of hydrogen-bond donors (Lipinski definition) is 2. The molecule has 10 nitrogen and oxygen atoms in total. The third-order valence-electron chi connectivity index (χ3n) is 4.11. The van der Waals surface area contributed by atoms with E-state index in [1.54, 1.807) is 6.07 Å². The number of aliphatic hydroxyl groups excluding tert-OH is 1. The lowest BCUT2D eigenvalue weighted by atomic mass is 10.3. The summed E-state index contributed by atoms with van der Waals surface area (Å²) < 4.78 is 52.0. The lowest BCUT2D eigenvalue weighted by Gasteiger charge is -2.14. The summed E-state index contributed by atoms with van der Waals surface area (Å²) in [7, 11) is 0. The van der Waals surface area contributed by atoms with Crippen molar-refractivity contribution in [3.8, 4) is 23.4 Å². The van der Waals surface area contributed by atoms with Crippen molar-refractivity contribution in [2.45, 2.75) is 12.7 Å². The molecule has 0 atom stereocenters. The molecule has 0 aromatic carbocycles. The van der Waals surface area contributed by atoms with Gasteiger partial charge in [0.2, 0.25) is 17.4 Å². The van der Waals surface area contributed by atoms with Gasteiger partial charge in [0.05, 0.1) is 29.6 Å². The van der Waals surface area contributed by atoms with Crippen molar-refractivity contribution >= 4 is 23.2 Å². The first-order valence-corrected chi connectivity index (χ1v) is 9.88. The summed E-state index contributed by atoms with van der Waals surface area (Å²) in [6, 6.07) is 5.08. The molecule has 0 bridgehead atoms.